The van der Waals surface area contributed by atoms with Crippen molar-refractivity contribution in [1.29, 1.82) is 0 Å². The highest BCUT2D eigenvalue weighted by atomic mass is 19.1. The van der Waals surface area contributed by atoms with Crippen molar-refractivity contribution in [1.82, 2.24) is 10.2 Å². The molecule has 0 aliphatic rings. The number of aryl methyl sites for hydroxylation is 1. The van der Waals surface area contributed by atoms with Gasteiger partial charge in [0.1, 0.15) is 5.82 Å². The summed E-state index contributed by atoms with van der Waals surface area (Å²) in [6.45, 7) is 4.30. The van der Waals surface area contributed by atoms with Gasteiger partial charge in [0.2, 0.25) is 0 Å². The normalized spacial score (nSPS) is 12.3. The van der Waals surface area contributed by atoms with Crippen LogP contribution in [0.5, 0.6) is 0 Å². The van der Waals surface area contributed by atoms with Crippen LogP contribution in [0, 0.1) is 5.82 Å². The molecule has 3 heteroatoms. The Hall–Kier alpha value is -2.42. The smallest absolute Gasteiger partial charge is 0.123 e. The van der Waals surface area contributed by atoms with Crippen molar-refractivity contribution in [3.8, 4) is 11.3 Å². The van der Waals surface area contributed by atoms with Crippen LogP contribution < -0.4 is 0 Å². The molecule has 0 amide bonds. The van der Waals surface area contributed by atoms with E-state index < -0.39 is 0 Å². The standard InChI is InChI=1S/C19H19FN2/c1-3-17-18(13(2)14-7-5-4-6-8-14)19(22-21-17)15-9-11-16(20)12-10-15/h4-13H,3H2,1-2H3,(H,21,22)/t13-/m1/s1. The van der Waals surface area contributed by atoms with Gasteiger partial charge in [0.05, 0.1) is 5.69 Å². The molecule has 0 aliphatic carbocycles. The number of hydrogen-bond donors (Lipinski definition) is 1. The summed E-state index contributed by atoms with van der Waals surface area (Å²) in [5, 5.41) is 7.63. The molecule has 22 heavy (non-hydrogen) atoms. The topological polar surface area (TPSA) is 28.7 Å². The molecule has 3 rings (SSSR count). The zero-order valence-corrected chi connectivity index (χ0v) is 12.8. The van der Waals surface area contributed by atoms with Gasteiger partial charge >= 0.3 is 0 Å². The van der Waals surface area contributed by atoms with E-state index in [1.807, 2.05) is 6.07 Å². The summed E-state index contributed by atoms with van der Waals surface area (Å²) in [4.78, 5) is 0. The van der Waals surface area contributed by atoms with Crippen LogP contribution in [-0.2, 0) is 6.42 Å². The molecule has 0 saturated heterocycles. The Labute approximate surface area is 130 Å². The van der Waals surface area contributed by atoms with Crippen molar-refractivity contribution in [3.05, 3.63) is 77.2 Å². The molecule has 1 N–H and O–H groups in total. The molecule has 0 radical (unpaired) electrons. The molecule has 0 spiro atoms. The van der Waals surface area contributed by atoms with Crippen LogP contribution in [0.25, 0.3) is 11.3 Å². The minimum absolute atomic E-state index is 0.229. The summed E-state index contributed by atoms with van der Waals surface area (Å²) in [5.41, 5.74) is 5.43. The van der Waals surface area contributed by atoms with Gasteiger partial charge in [-0.1, -0.05) is 44.2 Å². The third-order valence-corrected chi connectivity index (χ3v) is 4.09. The van der Waals surface area contributed by atoms with Gasteiger partial charge in [0.15, 0.2) is 0 Å². The van der Waals surface area contributed by atoms with E-state index in [1.54, 1.807) is 12.1 Å². The molecular formula is C19H19FN2. The molecule has 2 nitrogen and oxygen atoms in total. The van der Waals surface area contributed by atoms with Crippen molar-refractivity contribution in [2.24, 2.45) is 0 Å². The van der Waals surface area contributed by atoms with E-state index in [2.05, 4.69) is 48.3 Å². The lowest BCUT2D eigenvalue weighted by Crippen LogP contribution is -2.00. The van der Waals surface area contributed by atoms with Gasteiger partial charge in [-0.15, -0.1) is 0 Å². The molecule has 1 atom stereocenters. The van der Waals surface area contributed by atoms with Gasteiger partial charge in [0.25, 0.3) is 0 Å². The molecule has 0 aliphatic heterocycles. The van der Waals surface area contributed by atoms with Crippen molar-refractivity contribution in [3.63, 3.8) is 0 Å². The number of H-pyrrole nitrogens is 1. The summed E-state index contributed by atoms with van der Waals surface area (Å²) in [6.07, 6.45) is 0.890. The van der Waals surface area contributed by atoms with Crippen LogP contribution in [0.1, 0.15) is 36.6 Å². The molecule has 0 fully saturated rings. The maximum atomic E-state index is 13.2. The number of rotatable bonds is 4. The van der Waals surface area contributed by atoms with Gasteiger partial charge in [0, 0.05) is 22.7 Å². The molecule has 1 heterocycles. The SMILES string of the molecule is CCc1[nH]nc(-c2ccc(F)cc2)c1[C@H](C)c1ccccc1. The second-order valence-corrected chi connectivity index (χ2v) is 5.46. The summed E-state index contributed by atoms with van der Waals surface area (Å²) in [7, 11) is 0. The molecule has 3 aromatic rings. The fourth-order valence-corrected chi connectivity index (χ4v) is 2.86. The van der Waals surface area contributed by atoms with E-state index in [0.29, 0.717) is 0 Å². The second kappa shape index (κ2) is 6.14. The summed E-state index contributed by atoms with van der Waals surface area (Å²) in [6, 6.07) is 16.9. The highest BCUT2D eigenvalue weighted by Gasteiger charge is 2.20. The van der Waals surface area contributed by atoms with Gasteiger partial charge < -0.3 is 0 Å². The highest BCUT2D eigenvalue weighted by Crippen LogP contribution is 2.34. The predicted octanol–water partition coefficient (Wildman–Crippen LogP) is 4.93. The first-order chi connectivity index (χ1) is 10.7. The predicted molar refractivity (Wildman–Crippen MR) is 87.3 cm³/mol. The third-order valence-electron chi connectivity index (χ3n) is 4.09. The first-order valence-corrected chi connectivity index (χ1v) is 7.58. The molecular weight excluding hydrogens is 275 g/mol. The van der Waals surface area contributed by atoms with Crippen LogP contribution in [-0.4, -0.2) is 10.2 Å². The molecule has 1 aromatic heterocycles. The first kappa shape index (κ1) is 14.5. The van der Waals surface area contributed by atoms with Gasteiger partial charge in [-0.05, 0) is 36.2 Å². The van der Waals surface area contributed by atoms with Crippen LogP contribution in [0.4, 0.5) is 4.39 Å². The van der Waals surface area contributed by atoms with E-state index in [0.717, 1.165) is 23.4 Å². The van der Waals surface area contributed by atoms with Crippen molar-refractivity contribution in [2.75, 3.05) is 0 Å². The number of aromatic amines is 1. The Morgan fingerprint density at radius 3 is 2.36 bits per heavy atom. The zero-order chi connectivity index (χ0) is 15.5. The van der Waals surface area contributed by atoms with Crippen LogP contribution in [0.2, 0.25) is 0 Å². The largest absolute Gasteiger partial charge is 0.282 e. The number of aromatic nitrogens is 2. The number of nitrogens with zero attached hydrogens (tertiary/aromatic N) is 1. The van der Waals surface area contributed by atoms with E-state index in [1.165, 1.54) is 23.3 Å². The Morgan fingerprint density at radius 2 is 1.73 bits per heavy atom. The van der Waals surface area contributed by atoms with E-state index in [4.69, 9.17) is 0 Å². The lowest BCUT2D eigenvalue weighted by Gasteiger charge is -2.14. The Balaban J connectivity index is 2.10. The summed E-state index contributed by atoms with van der Waals surface area (Å²) in [5.74, 6) is 0.00242. The van der Waals surface area contributed by atoms with E-state index >= 15 is 0 Å². The lowest BCUT2D eigenvalue weighted by atomic mass is 9.89. The fraction of sp³-hybridized carbons (Fsp3) is 0.211. The van der Waals surface area contributed by atoms with Crippen LogP contribution >= 0.6 is 0 Å². The van der Waals surface area contributed by atoms with Crippen molar-refractivity contribution in [2.45, 2.75) is 26.2 Å². The fourth-order valence-electron chi connectivity index (χ4n) is 2.86. The maximum Gasteiger partial charge on any atom is 0.123 e. The minimum Gasteiger partial charge on any atom is -0.282 e. The van der Waals surface area contributed by atoms with E-state index in [-0.39, 0.29) is 11.7 Å². The highest BCUT2D eigenvalue weighted by molar-refractivity contribution is 5.65. The number of halogens is 1. The molecule has 2 aromatic carbocycles. The number of benzene rings is 2. The zero-order valence-electron chi connectivity index (χ0n) is 12.8. The Kier molecular flexibility index (Phi) is 4.05. The average molecular weight is 294 g/mol. The summed E-state index contributed by atoms with van der Waals surface area (Å²) < 4.78 is 13.2. The van der Waals surface area contributed by atoms with Crippen LogP contribution in [0.3, 0.4) is 0 Å². The lowest BCUT2D eigenvalue weighted by molar-refractivity contribution is 0.628. The Morgan fingerprint density at radius 1 is 1.05 bits per heavy atom. The number of nitrogens with one attached hydrogen (secondary N) is 1. The number of hydrogen-bond acceptors (Lipinski definition) is 1. The molecule has 0 saturated carbocycles. The monoisotopic (exact) mass is 294 g/mol. The molecule has 0 unspecified atom stereocenters. The quantitative estimate of drug-likeness (QED) is 0.726. The minimum atomic E-state index is -0.229. The van der Waals surface area contributed by atoms with Crippen molar-refractivity contribution < 1.29 is 4.39 Å². The summed E-state index contributed by atoms with van der Waals surface area (Å²) >= 11 is 0. The van der Waals surface area contributed by atoms with Gasteiger partial charge in [-0.25, -0.2) is 4.39 Å². The van der Waals surface area contributed by atoms with Crippen LogP contribution in [0.15, 0.2) is 54.6 Å². The Bertz CT molecular complexity index is 745. The van der Waals surface area contributed by atoms with E-state index in [9.17, 15) is 4.39 Å². The van der Waals surface area contributed by atoms with Gasteiger partial charge in [-0.2, -0.15) is 5.10 Å². The maximum absolute atomic E-state index is 13.2. The first-order valence-electron chi connectivity index (χ1n) is 7.58. The molecule has 112 valence electrons. The average Bonchev–Trinajstić information content (AvgIpc) is 2.99. The molecule has 0 bridgehead atoms. The van der Waals surface area contributed by atoms with Gasteiger partial charge in [-0.3, -0.25) is 5.10 Å². The third kappa shape index (κ3) is 2.67. The second-order valence-electron chi connectivity index (χ2n) is 5.46. The van der Waals surface area contributed by atoms with Crippen molar-refractivity contribution >= 4 is 0 Å².